The van der Waals surface area contributed by atoms with Crippen LogP contribution in [0.2, 0.25) is 0 Å². The van der Waals surface area contributed by atoms with Gasteiger partial charge in [0.2, 0.25) is 0 Å². The molecule has 0 radical (unpaired) electrons. The van der Waals surface area contributed by atoms with Crippen molar-refractivity contribution < 1.29 is 29.0 Å². The second-order valence-corrected chi connectivity index (χ2v) is 8.31. The van der Waals surface area contributed by atoms with Gasteiger partial charge in [-0.05, 0) is 75.1 Å². The molecule has 2 aromatic carbocycles. The normalized spacial score (nSPS) is 12.1. The molecular weight excluding hydrogens is 496 g/mol. The summed E-state index contributed by atoms with van der Waals surface area (Å²) >= 11 is 0. The number of carbonyl (C=O) groups excluding carboxylic acids is 3. The lowest BCUT2D eigenvalue weighted by molar-refractivity contribution is -0.152. The summed E-state index contributed by atoms with van der Waals surface area (Å²) in [5.74, 6) is -1.75. The van der Waals surface area contributed by atoms with E-state index in [1.54, 1.807) is 32.9 Å². The second-order valence-electron chi connectivity index (χ2n) is 8.31. The standard InChI is InChI=1S/C29H34N2O6.C2H6/c1-7-23(17-24(20(6)32)27(33)31-25(8-2)21-13-11-10-12-14-21)37-26-18(4)15-22(16-19(26)5)30-28(34)29(35)36-9-3;1-2/h7,10-17,25,32H,1,8-9H2,2-6H3,(H,30,34)(H,31,33);1-2H3/b23-17+,24-20-;. The zero-order chi connectivity index (χ0) is 29.5. The van der Waals surface area contributed by atoms with E-state index in [9.17, 15) is 19.5 Å². The number of nitrogens with one attached hydrogen (secondary N) is 2. The average Bonchev–Trinajstić information content (AvgIpc) is 2.92. The fourth-order valence-corrected chi connectivity index (χ4v) is 3.63. The van der Waals surface area contributed by atoms with Crippen molar-refractivity contribution in [2.24, 2.45) is 0 Å². The molecule has 39 heavy (non-hydrogen) atoms. The Hall–Kier alpha value is -4.33. The number of benzene rings is 2. The van der Waals surface area contributed by atoms with Crippen molar-refractivity contribution in [3.63, 3.8) is 0 Å². The van der Waals surface area contributed by atoms with Gasteiger partial charge in [0.05, 0.1) is 18.2 Å². The van der Waals surface area contributed by atoms with Crippen LogP contribution in [0.4, 0.5) is 5.69 Å². The number of aliphatic hydroxyl groups excluding tert-OH is 1. The first-order chi connectivity index (χ1) is 18.6. The number of ether oxygens (including phenoxy) is 2. The van der Waals surface area contributed by atoms with Crippen molar-refractivity contribution in [3.05, 3.63) is 95.0 Å². The number of hydrogen-bond donors (Lipinski definition) is 3. The van der Waals surface area contributed by atoms with Crippen LogP contribution in [0.5, 0.6) is 5.75 Å². The Balaban J connectivity index is 0.00000371. The highest BCUT2D eigenvalue weighted by Crippen LogP contribution is 2.29. The number of carbonyl (C=O) groups is 3. The van der Waals surface area contributed by atoms with E-state index in [4.69, 9.17) is 9.47 Å². The van der Waals surface area contributed by atoms with E-state index < -0.39 is 17.8 Å². The summed E-state index contributed by atoms with van der Waals surface area (Å²) < 4.78 is 10.7. The minimum absolute atomic E-state index is 0.0397. The van der Waals surface area contributed by atoms with E-state index in [0.29, 0.717) is 29.0 Å². The molecule has 2 aromatic rings. The van der Waals surface area contributed by atoms with Gasteiger partial charge >= 0.3 is 11.9 Å². The van der Waals surface area contributed by atoms with Gasteiger partial charge in [0.25, 0.3) is 5.91 Å². The lowest BCUT2D eigenvalue weighted by Crippen LogP contribution is -2.29. The molecule has 0 aliphatic carbocycles. The van der Waals surface area contributed by atoms with Crippen LogP contribution in [-0.4, -0.2) is 29.5 Å². The Morgan fingerprint density at radius 3 is 2.10 bits per heavy atom. The maximum Gasteiger partial charge on any atom is 0.397 e. The maximum atomic E-state index is 13.1. The molecule has 2 amide bonds. The number of anilines is 1. The molecule has 3 N–H and O–H groups in total. The van der Waals surface area contributed by atoms with Crippen LogP contribution < -0.4 is 15.4 Å². The number of rotatable bonds is 10. The van der Waals surface area contributed by atoms with Crippen molar-refractivity contribution in [3.8, 4) is 5.75 Å². The molecule has 0 saturated heterocycles. The van der Waals surface area contributed by atoms with Crippen LogP contribution in [0.15, 0.2) is 78.3 Å². The maximum absolute atomic E-state index is 13.1. The summed E-state index contributed by atoms with van der Waals surface area (Å²) in [5.41, 5.74) is 2.73. The summed E-state index contributed by atoms with van der Waals surface area (Å²) in [4.78, 5) is 36.7. The van der Waals surface area contributed by atoms with E-state index in [-0.39, 0.29) is 29.7 Å². The van der Waals surface area contributed by atoms with Crippen LogP contribution in [-0.2, 0) is 19.1 Å². The molecule has 0 heterocycles. The molecule has 2 rings (SSSR count). The molecule has 0 fully saturated rings. The van der Waals surface area contributed by atoms with Gasteiger partial charge in [0.1, 0.15) is 17.3 Å². The van der Waals surface area contributed by atoms with E-state index >= 15 is 0 Å². The average molecular weight is 537 g/mol. The van der Waals surface area contributed by atoms with Crippen molar-refractivity contribution in [2.75, 3.05) is 11.9 Å². The number of esters is 1. The fraction of sp³-hybridized carbons (Fsp3) is 0.323. The van der Waals surface area contributed by atoms with Crippen LogP contribution in [0, 0.1) is 13.8 Å². The molecule has 0 spiro atoms. The summed E-state index contributed by atoms with van der Waals surface area (Å²) in [6.45, 7) is 16.4. The van der Waals surface area contributed by atoms with Crippen molar-refractivity contribution in [2.45, 2.75) is 60.9 Å². The van der Waals surface area contributed by atoms with Crippen LogP contribution in [0.3, 0.4) is 0 Å². The van der Waals surface area contributed by atoms with Crippen LogP contribution in [0.25, 0.3) is 0 Å². The quantitative estimate of drug-likeness (QED) is 0.107. The summed E-state index contributed by atoms with van der Waals surface area (Å²) in [6.07, 6.45) is 3.52. The molecule has 0 aromatic heterocycles. The van der Waals surface area contributed by atoms with Gasteiger partial charge < -0.3 is 25.2 Å². The molecule has 0 saturated carbocycles. The number of aliphatic hydroxyl groups is 1. The van der Waals surface area contributed by atoms with Crippen molar-refractivity contribution in [1.82, 2.24) is 5.32 Å². The third-order valence-corrected chi connectivity index (χ3v) is 5.44. The van der Waals surface area contributed by atoms with E-state index in [0.717, 1.165) is 5.56 Å². The summed E-state index contributed by atoms with van der Waals surface area (Å²) in [5, 5.41) is 15.7. The summed E-state index contributed by atoms with van der Waals surface area (Å²) in [7, 11) is 0. The Bertz CT molecular complexity index is 1190. The first-order valence-corrected chi connectivity index (χ1v) is 13.0. The Labute approximate surface area is 231 Å². The van der Waals surface area contributed by atoms with Gasteiger partial charge in [-0.25, -0.2) is 4.79 Å². The molecule has 8 heteroatoms. The monoisotopic (exact) mass is 536 g/mol. The molecule has 1 unspecified atom stereocenters. The minimum Gasteiger partial charge on any atom is -0.512 e. The molecule has 210 valence electrons. The number of aryl methyl sites for hydroxylation is 2. The second kappa shape index (κ2) is 16.5. The van der Waals surface area contributed by atoms with Gasteiger partial charge in [-0.1, -0.05) is 57.7 Å². The molecular formula is C31H40N2O6. The molecule has 0 aliphatic heterocycles. The highest BCUT2D eigenvalue weighted by atomic mass is 16.5. The summed E-state index contributed by atoms with van der Waals surface area (Å²) in [6, 6.07) is 12.6. The van der Waals surface area contributed by atoms with Gasteiger partial charge in [-0.15, -0.1) is 0 Å². The largest absolute Gasteiger partial charge is 0.512 e. The Kier molecular flexibility index (Phi) is 13.8. The smallest absolute Gasteiger partial charge is 0.397 e. The number of amides is 2. The molecule has 1 atom stereocenters. The minimum atomic E-state index is -0.968. The SMILES string of the molecule is C=C/C(=C\C(C(=O)NC(CC)c1ccccc1)=C(/C)O)Oc1c(C)cc(NC(=O)C(=O)OCC)cc1C.CC. The van der Waals surface area contributed by atoms with Gasteiger partial charge in [0, 0.05) is 5.69 Å². The highest BCUT2D eigenvalue weighted by molar-refractivity contribution is 6.37. The zero-order valence-electron chi connectivity index (χ0n) is 23.9. The fourth-order valence-electron chi connectivity index (χ4n) is 3.63. The number of hydrogen-bond acceptors (Lipinski definition) is 6. The predicted octanol–water partition coefficient (Wildman–Crippen LogP) is 6.38. The Morgan fingerprint density at radius 2 is 1.62 bits per heavy atom. The van der Waals surface area contributed by atoms with Crippen molar-refractivity contribution in [1.29, 1.82) is 0 Å². The Morgan fingerprint density at radius 1 is 1.03 bits per heavy atom. The van der Waals surface area contributed by atoms with Crippen LogP contribution >= 0.6 is 0 Å². The highest BCUT2D eigenvalue weighted by Gasteiger charge is 2.19. The third kappa shape index (κ3) is 9.81. The molecule has 0 aliphatic rings. The van der Waals surface area contributed by atoms with Gasteiger partial charge in [-0.3, -0.25) is 9.59 Å². The predicted molar refractivity (Wildman–Crippen MR) is 154 cm³/mol. The van der Waals surface area contributed by atoms with Crippen LogP contribution in [0.1, 0.15) is 63.8 Å². The molecule has 0 bridgehead atoms. The topological polar surface area (TPSA) is 114 Å². The van der Waals surface area contributed by atoms with E-state index in [1.807, 2.05) is 51.1 Å². The number of allylic oxidation sites excluding steroid dienone is 2. The van der Waals surface area contributed by atoms with Crippen molar-refractivity contribution >= 4 is 23.5 Å². The lowest BCUT2D eigenvalue weighted by atomic mass is 10.0. The third-order valence-electron chi connectivity index (χ3n) is 5.44. The first kappa shape index (κ1) is 32.7. The van der Waals surface area contributed by atoms with E-state index in [2.05, 4.69) is 17.2 Å². The van der Waals surface area contributed by atoms with Gasteiger partial charge in [-0.2, -0.15) is 0 Å². The lowest BCUT2D eigenvalue weighted by Gasteiger charge is -2.19. The first-order valence-electron chi connectivity index (χ1n) is 13.0. The zero-order valence-corrected chi connectivity index (χ0v) is 23.9. The van der Waals surface area contributed by atoms with E-state index in [1.165, 1.54) is 19.1 Å². The molecule has 8 nitrogen and oxygen atoms in total. The van der Waals surface area contributed by atoms with Gasteiger partial charge in [0.15, 0.2) is 0 Å².